The van der Waals surface area contributed by atoms with Crippen LogP contribution in [0.2, 0.25) is 0 Å². The van der Waals surface area contributed by atoms with Crippen molar-refractivity contribution in [2.75, 3.05) is 0 Å². The highest BCUT2D eigenvalue weighted by Crippen LogP contribution is 2.24. The van der Waals surface area contributed by atoms with E-state index in [1.54, 1.807) is 12.1 Å². The maximum Gasteiger partial charge on any atom is 0.354 e. The average Bonchev–Trinajstić information content (AvgIpc) is 2.79. The fraction of sp³-hybridized carbons (Fsp3) is 0.333. The number of carbonyl (C=O) groups is 1. The first-order valence-corrected chi connectivity index (χ1v) is 6.71. The first-order valence-electron chi connectivity index (χ1n) is 6.71. The molecule has 1 aromatic heterocycles. The van der Waals surface area contributed by atoms with E-state index in [2.05, 4.69) is 5.10 Å². The van der Waals surface area contributed by atoms with Crippen LogP contribution in [0.5, 0.6) is 0 Å². The van der Waals surface area contributed by atoms with E-state index in [9.17, 15) is 14.3 Å². The Hall–Kier alpha value is -2.17. The molecule has 0 spiro atoms. The lowest BCUT2D eigenvalue weighted by Crippen LogP contribution is -2.13. The summed E-state index contributed by atoms with van der Waals surface area (Å²) in [6.45, 7) is 0.356. The Morgan fingerprint density at radius 2 is 1.95 bits per heavy atom. The van der Waals surface area contributed by atoms with Crippen LogP contribution in [0.3, 0.4) is 0 Å². The predicted molar refractivity (Wildman–Crippen MR) is 71.3 cm³/mol. The highest BCUT2D eigenvalue weighted by molar-refractivity contribution is 5.88. The number of hydrogen-bond acceptors (Lipinski definition) is 2. The number of rotatable bonds is 3. The van der Waals surface area contributed by atoms with E-state index in [0.29, 0.717) is 6.54 Å². The summed E-state index contributed by atoms with van der Waals surface area (Å²) >= 11 is 0. The predicted octanol–water partition coefficient (Wildman–Crippen LogP) is 2.65. The standard InChI is InChI=1S/C15H15FN2O2/c16-11-7-5-10(6-8-11)9-18-14(15(19)20)12-3-1-2-4-13(12)17-18/h5-8H,1-4,9H2,(H,19,20). The second kappa shape index (κ2) is 5.07. The van der Waals surface area contributed by atoms with Gasteiger partial charge in [-0.3, -0.25) is 4.68 Å². The van der Waals surface area contributed by atoms with Crippen LogP contribution in [-0.4, -0.2) is 20.9 Å². The molecule has 0 radical (unpaired) electrons. The van der Waals surface area contributed by atoms with Gasteiger partial charge in [0.05, 0.1) is 12.2 Å². The number of hydrogen-bond donors (Lipinski definition) is 1. The van der Waals surface area contributed by atoms with Crippen molar-refractivity contribution in [1.82, 2.24) is 9.78 Å². The van der Waals surface area contributed by atoms with Gasteiger partial charge in [-0.05, 0) is 43.4 Å². The smallest absolute Gasteiger partial charge is 0.354 e. The number of aromatic nitrogens is 2. The van der Waals surface area contributed by atoms with Crippen LogP contribution < -0.4 is 0 Å². The van der Waals surface area contributed by atoms with Gasteiger partial charge in [-0.25, -0.2) is 9.18 Å². The maximum absolute atomic E-state index is 12.9. The van der Waals surface area contributed by atoms with Gasteiger partial charge in [0.1, 0.15) is 11.5 Å². The molecule has 0 aliphatic heterocycles. The Balaban J connectivity index is 1.98. The van der Waals surface area contributed by atoms with Crippen LogP contribution >= 0.6 is 0 Å². The van der Waals surface area contributed by atoms with Gasteiger partial charge in [-0.15, -0.1) is 0 Å². The minimum Gasteiger partial charge on any atom is -0.477 e. The molecular formula is C15H15FN2O2. The van der Waals surface area contributed by atoms with Crippen LogP contribution in [0.25, 0.3) is 0 Å². The fourth-order valence-electron chi connectivity index (χ4n) is 2.72. The van der Waals surface area contributed by atoms with E-state index in [4.69, 9.17) is 0 Å². The number of aryl methyl sites for hydroxylation is 1. The van der Waals surface area contributed by atoms with Crippen molar-refractivity contribution >= 4 is 5.97 Å². The zero-order valence-electron chi connectivity index (χ0n) is 11.0. The van der Waals surface area contributed by atoms with Crippen LogP contribution in [0.15, 0.2) is 24.3 Å². The quantitative estimate of drug-likeness (QED) is 0.936. The highest BCUT2D eigenvalue weighted by Gasteiger charge is 2.24. The van der Waals surface area contributed by atoms with E-state index in [0.717, 1.165) is 42.5 Å². The van der Waals surface area contributed by atoms with Crippen molar-refractivity contribution in [2.24, 2.45) is 0 Å². The molecule has 1 heterocycles. The van der Waals surface area contributed by atoms with Crippen LogP contribution in [-0.2, 0) is 19.4 Å². The van der Waals surface area contributed by atoms with Gasteiger partial charge >= 0.3 is 5.97 Å². The molecule has 0 unspecified atom stereocenters. The molecule has 0 fully saturated rings. The van der Waals surface area contributed by atoms with Crippen LogP contribution in [0, 0.1) is 5.82 Å². The van der Waals surface area contributed by atoms with Crippen molar-refractivity contribution in [1.29, 1.82) is 0 Å². The van der Waals surface area contributed by atoms with Crippen molar-refractivity contribution in [3.63, 3.8) is 0 Å². The van der Waals surface area contributed by atoms with Gasteiger partial charge < -0.3 is 5.11 Å². The zero-order chi connectivity index (χ0) is 14.1. The van der Waals surface area contributed by atoms with E-state index in [-0.39, 0.29) is 11.5 Å². The molecule has 1 N–H and O–H groups in total. The van der Waals surface area contributed by atoms with Gasteiger partial charge in [0.15, 0.2) is 0 Å². The third-order valence-electron chi connectivity index (χ3n) is 3.67. The summed E-state index contributed by atoms with van der Waals surface area (Å²) in [7, 11) is 0. The van der Waals surface area contributed by atoms with Gasteiger partial charge in [-0.1, -0.05) is 12.1 Å². The summed E-state index contributed by atoms with van der Waals surface area (Å²) in [5.41, 5.74) is 2.89. The normalized spacial score (nSPS) is 14.1. The van der Waals surface area contributed by atoms with E-state index >= 15 is 0 Å². The largest absolute Gasteiger partial charge is 0.477 e. The van der Waals surface area contributed by atoms with Gasteiger partial charge in [0.2, 0.25) is 0 Å². The molecule has 4 nitrogen and oxygen atoms in total. The third kappa shape index (κ3) is 2.31. The minimum atomic E-state index is -0.942. The highest BCUT2D eigenvalue weighted by atomic mass is 19.1. The number of nitrogens with zero attached hydrogens (tertiary/aromatic N) is 2. The molecule has 0 amide bonds. The number of carboxylic acid groups (broad SMARTS) is 1. The summed E-state index contributed by atoms with van der Waals surface area (Å²) in [6, 6.07) is 6.06. The topological polar surface area (TPSA) is 55.1 Å². The summed E-state index contributed by atoms with van der Waals surface area (Å²) in [5, 5.41) is 13.8. The van der Waals surface area contributed by atoms with Crippen molar-refractivity contribution in [3.05, 3.63) is 52.6 Å². The van der Waals surface area contributed by atoms with Crippen molar-refractivity contribution in [3.8, 4) is 0 Å². The molecule has 20 heavy (non-hydrogen) atoms. The Bertz CT molecular complexity index is 647. The summed E-state index contributed by atoms with van der Waals surface area (Å²) in [4.78, 5) is 11.5. The van der Waals surface area contributed by atoms with E-state index in [1.807, 2.05) is 0 Å². The fourth-order valence-corrected chi connectivity index (χ4v) is 2.72. The second-order valence-corrected chi connectivity index (χ2v) is 5.07. The molecule has 0 bridgehead atoms. The minimum absolute atomic E-state index is 0.282. The molecular weight excluding hydrogens is 259 g/mol. The van der Waals surface area contributed by atoms with E-state index in [1.165, 1.54) is 16.8 Å². The van der Waals surface area contributed by atoms with Crippen molar-refractivity contribution in [2.45, 2.75) is 32.2 Å². The van der Waals surface area contributed by atoms with Gasteiger partial charge in [-0.2, -0.15) is 5.10 Å². The average molecular weight is 274 g/mol. The van der Waals surface area contributed by atoms with Crippen molar-refractivity contribution < 1.29 is 14.3 Å². The molecule has 1 aliphatic carbocycles. The van der Waals surface area contributed by atoms with Gasteiger partial charge in [0, 0.05) is 5.56 Å². The third-order valence-corrected chi connectivity index (χ3v) is 3.67. The summed E-state index contributed by atoms with van der Waals surface area (Å²) < 4.78 is 14.4. The Morgan fingerprint density at radius 1 is 1.25 bits per heavy atom. The lowest BCUT2D eigenvalue weighted by Gasteiger charge is -2.09. The molecule has 5 heteroatoms. The monoisotopic (exact) mass is 274 g/mol. The molecule has 0 saturated carbocycles. The molecule has 0 saturated heterocycles. The number of carboxylic acids is 1. The first kappa shape index (κ1) is 12.8. The molecule has 104 valence electrons. The summed E-state index contributed by atoms with van der Waals surface area (Å²) in [5.74, 6) is -1.24. The lowest BCUT2D eigenvalue weighted by molar-refractivity contribution is 0.0682. The zero-order valence-corrected chi connectivity index (χ0v) is 11.0. The molecule has 0 atom stereocenters. The lowest BCUT2D eigenvalue weighted by atomic mass is 9.96. The molecule has 2 aromatic rings. The number of benzene rings is 1. The first-order chi connectivity index (χ1) is 9.65. The van der Waals surface area contributed by atoms with Crippen LogP contribution in [0.1, 0.15) is 40.2 Å². The SMILES string of the molecule is O=C(O)c1c2c(nn1Cc1ccc(F)cc1)CCCC2. The number of aromatic carboxylic acids is 1. The molecule has 1 aliphatic rings. The second-order valence-electron chi connectivity index (χ2n) is 5.07. The Kier molecular flexibility index (Phi) is 3.26. The number of fused-ring (bicyclic) bond motifs is 1. The Labute approximate surface area is 115 Å². The number of halogens is 1. The Morgan fingerprint density at radius 3 is 2.65 bits per heavy atom. The van der Waals surface area contributed by atoms with Gasteiger partial charge in [0.25, 0.3) is 0 Å². The maximum atomic E-state index is 12.9. The molecule has 3 rings (SSSR count). The molecule has 1 aromatic carbocycles. The van der Waals surface area contributed by atoms with E-state index < -0.39 is 5.97 Å². The van der Waals surface area contributed by atoms with Crippen LogP contribution in [0.4, 0.5) is 4.39 Å². The summed E-state index contributed by atoms with van der Waals surface area (Å²) in [6.07, 6.45) is 3.68.